The Bertz CT molecular complexity index is 654. The van der Waals surface area contributed by atoms with Crippen LogP contribution >= 0.6 is 0 Å². The predicted octanol–water partition coefficient (Wildman–Crippen LogP) is 0.637. The van der Waals surface area contributed by atoms with Gasteiger partial charge in [0.25, 0.3) is 0 Å². The number of likely N-dealkylation sites (tertiary alicyclic amines) is 1. The van der Waals surface area contributed by atoms with Crippen LogP contribution in [-0.2, 0) is 9.53 Å². The molecule has 1 unspecified atom stereocenters. The molecular weight excluding hydrogens is 336 g/mol. The number of aromatic nitrogens is 2. The minimum Gasteiger partial charge on any atom is -0.453 e. The van der Waals surface area contributed by atoms with Gasteiger partial charge in [-0.1, -0.05) is 0 Å². The molecule has 2 aliphatic heterocycles. The predicted molar refractivity (Wildman–Crippen MR) is 96.7 cm³/mol. The average molecular weight is 362 g/mol. The summed E-state index contributed by atoms with van der Waals surface area (Å²) in [5.74, 6) is 1.05. The largest absolute Gasteiger partial charge is 0.453 e. The lowest BCUT2D eigenvalue weighted by molar-refractivity contribution is -0.137. The number of ether oxygens (including phenoxy) is 1. The standard InChI is InChI=1S/C17H26N6O3/c1-12-11-14(20-16(18)19-12)21-7-9-22(10-8-21)15(24)13-5-3-4-6-23(13)17(25)26-2/h11,13H,3-10H2,1-2H3,(H2,18,19,20). The molecule has 0 aliphatic carbocycles. The number of nitrogens with zero attached hydrogens (tertiary/aromatic N) is 5. The topological polar surface area (TPSA) is 105 Å². The molecular formula is C17H26N6O3. The Morgan fingerprint density at radius 3 is 2.54 bits per heavy atom. The molecule has 1 aromatic rings. The van der Waals surface area contributed by atoms with Crippen molar-refractivity contribution in [3.05, 3.63) is 11.8 Å². The molecule has 2 aliphatic rings. The van der Waals surface area contributed by atoms with Gasteiger partial charge in [0.15, 0.2) is 0 Å². The Hall–Kier alpha value is -2.58. The fraction of sp³-hybridized carbons (Fsp3) is 0.647. The van der Waals surface area contributed by atoms with Crippen LogP contribution in [0.25, 0.3) is 0 Å². The summed E-state index contributed by atoms with van der Waals surface area (Å²) in [5.41, 5.74) is 6.55. The van der Waals surface area contributed by atoms with Crippen LogP contribution in [-0.4, -0.2) is 77.6 Å². The first kappa shape index (κ1) is 18.2. The zero-order valence-corrected chi connectivity index (χ0v) is 15.3. The number of aryl methyl sites for hydroxylation is 1. The van der Waals surface area contributed by atoms with Crippen LogP contribution in [0, 0.1) is 6.92 Å². The monoisotopic (exact) mass is 362 g/mol. The second-order valence-electron chi connectivity index (χ2n) is 6.71. The molecule has 0 bridgehead atoms. The molecule has 142 valence electrons. The number of piperazine rings is 1. The van der Waals surface area contributed by atoms with E-state index in [0.717, 1.165) is 24.4 Å². The number of rotatable bonds is 2. The average Bonchev–Trinajstić information content (AvgIpc) is 2.66. The molecule has 1 atom stereocenters. The van der Waals surface area contributed by atoms with Gasteiger partial charge in [0.2, 0.25) is 11.9 Å². The second kappa shape index (κ2) is 7.76. The summed E-state index contributed by atoms with van der Waals surface area (Å²) in [4.78, 5) is 38.8. The molecule has 0 radical (unpaired) electrons. The summed E-state index contributed by atoms with van der Waals surface area (Å²) >= 11 is 0. The van der Waals surface area contributed by atoms with Gasteiger partial charge in [-0.15, -0.1) is 0 Å². The maximum atomic E-state index is 12.9. The molecule has 3 rings (SSSR count). The summed E-state index contributed by atoms with van der Waals surface area (Å²) in [5, 5.41) is 0. The molecule has 2 saturated heterocycles. The van der Waals surface area contributed by atoms with Gasteiger partial charge in [-0.05, 0) is 26.2 Å². The zero-order valence-electron chi connectivity index (χ0n) is 15.3. The van der Waals surface area contributed by atoms with E-state index in [4.69, 9.17) is 10.5 Å². The van der Waals surface area contributed by atoms with Crippen molar-refractivity contribution in [3.8, 4) is 0 Å². The van der Waals surface area contributed by atoms with Gasteiger partial charge in [-0.2, -0.15) is 4.98 Å². The number of nitrogen functional groups attached to an aromatic ring is 1. The lowest BCUT2D eigenvalue weighted by atomic mass is 10.0. The van der Waals surface area contributed by atoms with Crippen molar-refractivity contribution in [2.45, 2.75) is 32.2 Å². The van der Waals surface area contributed by atoms with Crippen molar-refractivity contribution >= 4 is 23.8 Å². The van der Waals surface area contributed by atoms with Gasteiger partial charge in [0, 0.05) is 44.5 Å². The Kier molecular flexibility index (Phi) is 5.43. The van der Waals surface area contributed by atoms with E-state index < -0.39 is 12.1 Å². The number of piperidine rings is 1. The molecule has 0 aromatic carbocycles. The third-order valence-electron chi connectivity index (χ3n) is 4.97. The molecule has 9 heteroatoms. The summed E-state index contributed by atoms with van der Waals surface area (Å²) in [7, 11) is 1.35. The molecule has 2 N–H and O–H groups in total. The summed E-state index contributed by atoms with van der Waals surface area (Å²) in [6, 6.07) is 1.48. The number of nitrogens with two attached hydrogens (primary N) is 1. The highest BCUT2D eigenvalue weighted by molar-refractivity contribution is 5.86. The number of anilines is 2. The molecule has 2 amide bonds. The molecule has 9 nitrogen and oxygen atoms in total. The number of hydrogen-bond acceptors (Lipinski definition) is 7. The lowest BCUT2D eigenvalue weighted by Crippen LogP contribution is -2.57. The van der Waals surface area contributed by atoms with Gasteiger partial charge >= 0.3 is 6.09 Å². The van der Waals surface area contributed by atoms with E-state index in [9.17, 15) is 9.59 Å². The third-order valence-corrected chi connectivity index (χ3v) is 4.97. The number of carbonyl (C=O) groups excluding carboxylic acids is 2. The first-order chi connectivity index (χ1) is 12.5. The Balaban J connectivity index is 1.63. The van der Waals surface area contributed by atoms with E-state index in [1.165, 1.54) is 7.11 Å². The Morgan fingerprint density at radius 2 is 1.88 bits per heavy atom. The molecule has 2 fully saturated rings. The first-order valence-electron chi connectivity index (χ1n) is 8.99. The van der Waals surface area contributed by atoms with E-state index in [1.54, 1.807) is 4.90 Å². The van der Waals surface area contributed by atoms with E-state index in [0.29, 0.717) is 39.1 Å². The zero-order chi connectivity index (χ0) is 18.7. The van der Waals surface area contributed by atoms with E-state index in [1.807, 2.05) is 17.9 Å². The van der Waals surface area contributed by atoms with Gasteiger partial charge in [0.05, 0.1) is 7.11 Å². The third kappa shape index (κ3) is 3.81. The Labute approximate surface area is 153 Å². The van der Waals surface area contributed by atoms with E-state index in [2.05, 4.69) is 14.9 Å². The summed E-state index contributed by atoms with van der Waals surface area (Å²) in [6.45, 7) is 4.98. The van der Waals surface area contributed by atoms with Crippen molar-refractivity contribution < 1.29 is 14.3 Å². The van der Waals surface area contributed by atoms with E-state index in [-0.39, 0.29) is 11.9 Å². The SMILES string of the molecule is COC(=O)N1CCCCC1C(=O)N1CCN(c2cc(C)nc(N)n2)CC1. The highest BCUT2D eigenvalue weighted by Crippen LogP contribution is 2.22. The lowest BCUT2D eigenvalue weighted by Gasteiger charge is -2.40. The maximum absolute atomic E-state index is 12.9. The number of methoxy groups -OCH3 is 1. The van der Waals surface area contributed by atoms with Crippen LogP contribution in [0.1, 0.15) is 25.0 Å². The quantitative estimate of drug-likeness (QED) is 0.823. The minimum absolute atomic E-state index is 0.00753. The van der Waals surface area contributed by atoms with Crippen LogP contribution in [0.4, 0.5) is 16.6 Å². The number of hydrogen-bond donors (Lipinski definition) is 1. The van der Waals surface area contributed by atoms with Crippen LogP contribution < -0.4 is 10.6 Å². The van der Waals surface area contributed by atoms with Crippen LogP contribution in [0.5, 0.6) is 0 Å². The molecule has 0 spiro atoms. The van der Waals surface area contributed by atoms with Crippen LogP contribution in [0.2, 0.25) is 0 Å². The van der Waals surface area contributed by atoms with Crippen molar-refractivity contribution in [2.24, 2.45) is 0 Å². The second-order valence-corrected chi connectivity index (χ2v) is 6.71. The van der Waals surface area contributed by atoms with Crippen molar-refractivity contribution in [1.29, 1.82) is 0 Å². The Morgan fingerprint density at radius 1 is 1.15 bits per heavy atom. The number of amides is 2. The van der Waals surface area contributed by atoms with Gasteiger partial charge in [0.1, 0.15) is 11.9 Å². The fourth-order valence-electron chi connectivity index (χ4n) is 3.63. The highest BCUT2D eigenvalue weighted by Gasteiger charge is 2.36. The normalized spacial score (nSPS) is 20.8. The van der Waals surface area contributed by atoms with Crippen molar-refractivity contribution in [1.82, 2.24) is 19.8 Å². The van der Waals surface area contributed by atoms with Gasteiger partial charge < -0.3 is 20.3 Å². The van der Waals surface area contributed by atoms with E-state index >= 15 is 0 Å². The highest BCUT2D eigenvalue weighted by atomic mass is 16.5. The first-order valence-corrected chi connectivity index (χ1v) is 8.99. The number of carbonyl (C=O) groups is 2. The maximum Gasteiger partial charge on any atom is 0.410 e. The molecule has 26 heavy (non-hydrogen) atoms. The fourth-order valence-corrected chi connectivity index (χ4v) is 3.63. The molecule has 3 heterocycles. The van der Waals surface area contributed by atoms with Gasteiger partial charge in [-0.3, -0.25) is 9.69 Å². The van der Waals surface area contributed by atoms with Crippen LogP contribution in [0.15, 0.2) is 6.07 Å². The molecule has 1 aromatic heterocycles. The van der Waals surface area contributed by atoms with Gasteiger partial charge in [-0.25, -0.2) is 9.78 Å². The summed E-state index contributed by atoms with van der Waals surface area (Å²) in [6.07, 6.45) is 2.12. The smallest absolute Gasteiger partial charge is 0.410 e. The molecule has 0 saturated carbocycles. The van der Waals surface area contributed by atoms with Crippen molar-refractivity contribution in [2.75, 3.05) is 50.5 Å². The van der Waals surface area contributed by atoms with Crippen molar-refractivity contribution in [3.63, 3.8) is 0 Å². The summed E-state index contributed by atoms with van der Waals surface area (Å²) < 4.78 is 4.84. The van der Waals surface area contributed by atoms with Crippen LogP contribution in [0.3, 0.4) is 0 Å². The minimum atomic E-state index is -0.423.